The first-order valence-electron chi connectivity index (χ1n) is 5.55. The minimum absolute atomic E-state index is 0.128. The third-order valence-electron chi connectivity index (χ3n) is 2.41. The molecule has 1 unspecified atom stereocenters. The molecule has 92 valence electrons. The van der Waals surface area contributed by atoms with Crippen molar-refractivity contribution in [3.63, 3.8) is 0 Å². The Kier molecular flexibility index (Phi) is 7.25. The monoisotopic (exact) mass is 227 g/mol. The Labute approximate surface area is 97.3 Å². The minimum Gasteiger partial charge on any atom is -0.464 e. The van der Waals surface area contributed by atoms with E-state index in [0.717, 1.165) is 12.8 Å². The molecule has 1 amide bonds. The lowest BCUT2D eigenvalue weighted by Gasteiger charge is -2.25. The first-order valence-corrected chi connectivity index (χ1v) is 5.55. The molecule has 0 saturated heterocycles. The number of hydrogen-bond acceptors (Lipinski definition) is 3. The molecular formula is C12H21NO3. The molecule has 0 heterocycles. The number of hydrogen-bond donors (Lipinski definition) is 0. The van der Waals surface area contributed by atoms with Gasteiger partial charge in [0.05, 0.1) is 6.61 Å². The van der Waals surface area contributed by atoms with Gasteiger partial charge in [0.1, 0.15) is 6.04 Å². The SMILES string of the molecule is C=CCCCC(C(=O)OCC)N(C)C(C)=O. The van der Waals surface area contributed by atoms with Crippen molar-refractivity contribution in [2.24, 2.45) is 0 Å². The average Bonchev–Trinajstić information content (AvgIpc) is 2.23. The molecule has 0 aromatic rings. The van der Waals surface area contributed by atoms with Crippen LogP contribution < -0.4 is 0 Å². The number of carbonyl (C=O) groups excluding carboxylic acids is 2. The van der Waals surface area contributed by atoms with E-state index >= 15 is 0 Å². The Bertz CT molecular complexity index is 251. The molecule has 0 fully saturated rings. The Hall–Kier alpha value is -1.32. The second-order valence-electron chi connectivity index (χ2n) is 3.62. The standard InChI is InChI=1S/C12H21NO3/c1-5-7-8-9-11(12(15)16-6-2)13(4)10(3)14/h5,11H,1,6-9H2,2-4H3. The van der Waals surface area contributed by atoms with Crippen molar-refractivity contribution in [3.05, 3.63) is 12.7 Å². The highest BCUT2D eigenvalue weighted by atomic mass is 16.5. The van der Waals surface area contributed by atoms with E-state index in [2.05, 4.69) is 6.58 Å². The van der Waals surface area contributed by atoms with Crippen LogP contribution >= 0.6 is 0 Å². The van der Waals surface area contributed by atoms with Crippen LogP contribution in [-0.2, 0) is 14.3 Å². The predicted octanol–water partition coefficient (Wildman–Crippen LogP) is 1.75. The smallest absolute Gasteiger partial charge is 0.328 e. The highest BCUT2D eigenvalue weighted by Gasteiger charge is 2.25. The van der Waals surface area contributed by atoms with Gasteiger partial charge in [-0.15, -0.1) is 6.58 Å². The third kappa shape index (κ3) is 4.96. The van der Waals surface area contributed by atoms with E-state index in [9.17, 15) is 9.59 Å². The van der Waals surface area contributed by atoms with E-state index < -0.39 is 6.04 Å². The number of carbonyl (C=O) groups is 2. The van der Waals surface area contributed by atoms with Gasteiger partial charge in [-0.05, 0) is 26.2 Å². The Morgan fingerprint density at radius 1 is 1.50 bits per heavy atom. The number of allylic oxidation sites excluding steroid dienone is 1. The zero-order valence-corrected chi connectivity index (χ0v) is 10.4. The van der Waals surface area contributed by atoms with Gasteiger partial charge < -0.3 is 9.64 Å². The maximum absolute atomic E-state index is 11.6. The van der Waals surface area contributed by atoms with Crippen molar-refractivity contribution in [1.29, 1.82) is 0 Å². The lowest BCUT2D eigenvalue weighted by Crippen LogP contribution is -2.42. The van der Waals surface area contributed by atoms with Gasteiger partial charge >= 0.3 is 5.97 Å². The van der Waals surface area contributed by atoms with Gasteiger partial charge in [-0.1, -0.05) is 6.08 Å². The van der Waals surface area contributed by atoms with Crippen LogP contribution in [0.25, 0.3) is 0 Å². The van der Waals surface area contributed by atoms with Gasteiger partial charge in [-0.3, -0.25) is 4.79 Å². The van der Waals surface area contributed by atoms with Crippen LogP contribution in [0.15, 0.2) is 12.7 Å². The molecule has 0 bridgehead atoms. The van der Waals surface area contributed by atoms with Gasteiger partial charge in [0.15, 0.2) is 0 Å². The van der Waals surface area contributed by atoms with Crippen LogP contribution in [0.2, 0.25) is 0 Å². The molecular weight excluding hydrogens is 206 g/mol. The number of amides is 1. The maximum atomic E-state index is 11.6. The first-order chi connectivity index (χ1) is 7.54. The van der Waals surface area contributed by atoms with Crippen LogP contribution in [0, 0.1) is 0 Å². The first kappa shape index (κ1) is 14.7. The van der Waals surface area contributed by atoms with E-state index in [4.69, 9.17) is 4.74 Å². The molecule has 0 rings (SSSR count). The number of unbranched alkanes of at least 4 members (excludes halogenated alkanes) is 1. The molecule has 0 aliphatic carbocycles. The summed E-state index contributed by atoms with van der Waals surface area (Å²) in [6.45, 7) is 7.16. The second-order valence-corrected chi connectivity index (χ2v) is 3.62. The van der Waals surface area contributed by atoms with Gasteiger partial charge in [0.2, 0.25) is 5.91 Å². The molecule has 0 spiro atoms. The number of esters is 1. The molecule has 0 N–H and O–H groups in total. The molecule has 16 heavy (non-hydrogen) atoms. The van der Waals surface area contributed by atoms with Crippen LogP contribution in [0.5, 0.6) is 0 Å². The summed E-state index contributed by atoms with van der Waals surface area (Å²) in [5.41, 5.74) is 0. The summed E-state index contributed by atoms with van der Waals surface area (Å²) in [5, 5.41) is 0. The summed E-state index contributed by atoms with van der Waals surface area (Å²) in [4.78, 5) is 24.3. The Balaban J connectivity index is 4.42. The molecule has 0 aromatic heterocycles. The molecule has 0 aliphatic heterocycles. The van der Waals surface area contributed by atoms with Gasteiger partial charge in [0.25, 0.3) is 0 Å². The van der Waals surface area contributed by atoms with Crippen molar-refractivity contribution in [1.82, 2.24) is 4.90 Å². The number of ether oxygens (including phenoxy) is 1. The lowest BCUT2D eigenvalue weighted by atomic mass is 10.1. The number of rotatable bonds is 7. The molecule has 1 atom stereocenters. The normalized spacial score (nSPS) is 11.7. The van der Waals surface area contributed by atoms with Gasteiger partial charge in [-0.2, -0.15) is 0 Å². The summed E-state index contributed by atoms with van der Waals surface area (Å²) in [6.07, 6.45) is 4.07. The molecule has 0 aliphatic rings. The van der Waals surface area contributed by atoms with Crippen molar-refractivity contribution in [2.45, 2.75) is 39.2 Å². The van der Waals surface area contributed by atoms with E-state index in [1.54, 1.807) is 20.0 Å². The molecule has 0 saturated carbocycles. The predicted molar refractivity (Wildman–Crippen MR) is 62.9 cm³/mol. The Morgan fingerprint density at radius 2 is 2.12 bits per heavy atom. The molecule has 4 nitrogen and oxygen atoms in total. The fourth-order valence-electron chi connectivity index (χ4n) is 1.38. The van der Waals surface area contributed by atoms with Crippen LogP contribution in [0.4, 0.5) is 0 Å². The van der Waals surface area contributed by atoms with Crippen LogP contribution in [0.3, 0.4) is 0 Å². The largest absolute Gasteiger partial charge is 0.464 e. The molecule has 0 aromatic carbocycles. The van der Waals surface area contributed by atoms with E-state index in [1.165, 1.54) is 11.8 Å². The molecule has 4 heteroatoms. The average molecular weight is 227 g/mol. The summed E-state index contributed by atoms with van der Waals surface area (Å²) in [6, 6.07) is -0.475. The molecule has 0 radical (unpaired) electrons. The van der Waals surface area contributed by atoms with Crippen molar-refractivity contribution in [3.8, 4) is 0 Å². The van der Waals surface area contributed by atoms with E-state index in [1.807, 2.05) is 0 Å². The minimum atomic E-state index is -0.475. The van der Waals surface area contributed by atoms with Crippen LogP contribution in [0.1, 0.15) is 33.1 Å². The summed E-state index contributed by atoms with van der Waals surface area (Å²) in [5.74, 6) is -0.457. The third-order valence-corrected chi connectivity index (χ3v) is 2.41. The summed E-state index contributed by atoms with van der Waals surface area (Å²) >= 11 is 0. The van der Waals surface area contributed by atoms with Gasteiger partial charge in [-0.25, -0.2) is 4.79 Å². The van der Waals surface area contributed by atoms with Crippen molar-refractivity contribution in [2.75, 3.05) is 13.7 Å². The lowest BCUT2D eigenvalue weighted by molar-refractivity contribution is -0.153. The van der Waals surface area contributed by atoms with Crippen molar-refractivity contribution >= 4 is 11.9 Å². The number of likely N-dealkylation sites (N-methyl/N-ethyl adjacent to an activating group) is 1. The van der Waals surface area contributed by atoms with Gasteiger partial charge in [0, 0.05) is 14.0 Å². The summed E-state index contributed by atoms with van der Waals surface area (Å²) in [7, 11) is 1.62. The highest BCUT2D eigenvalue weighted by molar-refractivity contribution is 5.83. The fraction of sp³-hybridized carbons (Fsp3) is 0.667. The fourth-order valence-corrected chi connectivity index (χ4v) is 1.38. The van der Waals surface area contributed by atoms with E-state index in [-0.39, 0.29) is 11.9 Å². The van der Waals surface area contributed by atoms with Crippen molar-refractivity contribution < 1.29 is 14.3 Å². The quantitative estimate of drug-likeness (QED) is 0.378. The van der Waals surface area contributed by atoms with Crippen LogP contribution in [-0.4, -0.2) is 36.5 Å². The zero-order valence-electron chi connectivity index (χ0n) is 10.4. The summed E-state index contributed by atoms with van der Waals surface area (Å²) < 4.78 is 4.95. The second kappa shape index (κ2) is 7.91. The van der Waals surface area contributed by atoms with E-state index in [0.29, 0.717) is 13.0 Å². The zero-order chi connectivity index (χ0) is 12.6. The Morgan fingerprint density at radius 3 is 2.56 bits per heavy atom. The number of nitrogens with zero attached hydrogens (tertiary/aromatic N) is 1. The maximum Gasteiger partial charge on any atom is 0.328 e. The highest BCUT2D eigenvalue weighted by Crippen LogP contribution is 2.10. The topological polar surface area (TPSA) is 46.6 Å².